The second kappa shape index (κ2) is 9.67. The third kappa shape index (κ3) is 4.52. The Morgan fingerprint density at radius 2 is 1.83 bits per heavy atom. The third-order valence-corrected chi connectivity index (χ3v) is 7.68. The van der Waals surface area contributed by atoms with Crippen LogP contribution >= 0.6 is 0 Å². The molecule has 2 aliphatic carbocycles. The van der Waals surface area contributed by atoms with Gasteiger partial charge >= 0.3 is 6.18 Å². The summed E-state index contributed by atoms with van der Waals surface area (Å²) in [5.74, 6) is 2.04. The number of hydrogen-bond donors (Lipinski definition) is 1. The standard InChI is InChI=1S/C28H30F3N9O/c1-13(2)40-10-18(28(29,30)31)36-26(40)19-14(3)17(15(19)4)9-32-24-22-25(35-12-39(22)5)38-23(37-24)20-21(16-7-8-16)33-11-34-27(20)41-6/h10-13,16H,7-9H2,1-6H3,(H,32,37,38). The van der Waals surface area contributed by atoms with E-state index in [-0.39, 0.29) is 6.04 Å². The first kappa shape index (κ1) is 26.9. The van der Waals surface area contributed by atoms with Crippen LogP contribution in [0, 0.1) is 0 Å². The van der Waals surface area contributed by atoms with Crippen LogP contribution in [0.25, 0.3) is 28.1 Å². The van der Waals surface area contributed by atoms with Gasteiger partial charge in [-0.3, -0.25) is 0 Å². The Balaban J connectivity index is 1.35. The summed E-state index contributed by atoms with van der Waals surface area (Å²) in [5.41, 5.74) is 5.37. The molecule has 0 spiro atoms. The Morgan fingerprint density at radius 1 is 1.07 bits per heavy atom. The van der Waals surface area contributed by atoms with E-state index in [1.807, 2.05) is 39.3 Å². The highest BCUT2D eigenvalue weighted by atomic mass is 19.4. The van der Waals surface area contributed by atoms with Crippen LogP contribution in [0.2, 0.25) is 0 Å². The molecule has 0 atom stereocenters. The summed E-state index contributed by atoms with van der Waals surface area (Å²) >= 11 is 0. The van der Waals surface area contributed by atoms with Crippen molar-refractivity contribution in [1.29, 1.82) is 0 Å². The maximum absolute atomic E-state index is 13.5. The van der Waals surface area contributed by atoms with Crippen molar-refractivity contribution >= 4 is 22.6 Å². The van der Waals surface area contributed by atoms with Gasteiger partial charge in [-0.25, -0.2) is 29.9 Å². The first-order chi connectivity index (χ1) is 19.5. The van der Waals surface area contributed by atoms with Crippen molar-refractivity contribution in [3.05, 3.63) is 52.8 Å². The number of anilines is 1. The number of allylic oxidation sites excluding steroid dienone is 2. The summed E-state index contributed by atoms with van der Waals surface area (Å²) < 4.78 is 49.4. The molecule has 1 saturated carbocycles. The highest BCUT2D eigenvalue weighted by molar-refractivity contribution is 5.91. The Morgan fingerprint density at radius 3 is 2.46 bits per heavy atom. The van der Waals surface area contributed by atoms with Crippen LogP contribution in [0.4, 0.5) is 19.0 Å². The van der Waals surface area contributed by atoms with Crippen molar-refractivity contribution in [3.63, 3.8) is 0 Å². The fraction of sp³-hybridized carbons (Fsp3) is 0.429. The predicted octanol–water partition coefficient (Wildman–Crippen LogP) is 5.72. The van der Waals surface area contributed by atoms with E-state index in [1.54, 1.807) is 18.0 Å². The molecule has 1 fully saturated rings. The number of hydrogen-bond acceptors (Lipinski definition) is 8. The number of halogens is 3. The Kier molecular flexibility index (Phi) is 6.34. The normalized spacial score (nSPS) is 15.8. The van der Waals surface area contributed by atoms with Crippen LogP contribution in [0.5, 0.6) is 5.88 Å². The SMILES string of the molecule is COc1ncnc(C2CC2)c1-c1nc(NCC2=C(C)C(c3nc(C(F)(F)F)cn3C(C)C)=C2C)c2c(ncn2C)n1. The van der Waals surface area contributed by atoms with Crippen LogP contribution in [-0.4, -0.2) is 52.7 Å². The van der Waals surface area contributed by atoms with Crippen molar-refractivity contribution in [1.82, 2.24) is 39.0 Å². The summed E-state index contributed by atoms with van der Waals surface area (Å²) in [4.78, 5) is 26.9. The number of imidazole rings is 2. The smallest absolute Gasteiger partial charge is 0.434 e. The van der Waals surface area contributed by atoms with Crippen molar-refractivity contribution in [2.24, 2.45) is 7.05 Å². The number of aromatic nitrogens is 8. The van der Waals surface area contributed by atoms with Crippen LogP contribution in [-0.2, 0) is 13.2 Å². The molecule has 0 amide bonds. The zero-order chi connectivity index (χ0) is 29.2. The van der Waals surface area contributed by atoms with E-state index in [4.69, 9.17) is 14.7 Å². The Labute approximate surface area is 234 Å². The Bertz CT molecular complexity index is 1740. The van der Waals surface area contributed by atoms with Crippen LogP contribution in [0.15, 0.2) is 35.6 Å². The van der Waals surface area contributed by atoms with Gasteiger partial charge in [-0.1, -0.05) is 0 Å². The van der Waals surface area contributed by atoms with E-state index in [1.165, 1.54) is 6.33 Å². The second-order valence-corrected chi connectivity index (χ2v) is 10.7. The second-order valence-electron chi connectivity index (χ2n) is 10.7. The minimum absolute atomic E-state index is 0.180. The predicted molar refractivity (Wildman–Crippen MR) is 147 cm³/mol. The fourth-order valence-corrected chi connectivity index (χ4v) is 5.39. The molecular formula is C28H30F3N9O. The number of aryl methyl sites for hydroxylation is 1. The third-order valence-electron chi connectivity index (χ3n) is 7.68. The van der Waals surface area contributed by atoms with Crippen molar-refractivity contribution in [2.45, 2.75) is 58.7 Å². The van der Waals surface area contributed by atoms with Gasteiger partial charge in [-0.15, -0.1) is 0 Å². The van der Waals surface area contributed by atoms with Crippen molar-refractivity contribution in [3.8, 4) is 17.3 Å². The minimum atomic E-state index is -4.51. The quantitative estimate of drug-likeness (QED) is 0.289. The maximum Gasteiger partial charge on any atom is 0.434 e. The monoisotopic (exact) mass is 565 g/mol. The van der Waals surface area contributed by atoms with E-state index in [9.17, 15) is 13.2 Å². The van der Waals surface area contributed by atoms with E-state index in [0.717, 1.165) is 52.5 Å². The van der Waals surface area contributed by atoms with Crippen LogP contribution in [0.1, 0.15) is 69.7 Å². The van der Waals surface area contributed by atoms with Gasteiger partial charge in [0.1, 0.15) is 23.2 Å². The number of nitrogens with one attached hydrogen (secondary N) is 1. The molecule has 0 aliphatic heterocycles. The molecule has 214 valence electrons. The van der Waals surface area contributed by atoms with Crippen LogP contribution in [0.3, 0.4) is 0 Å². The van der Waals surface area contributed by atoms with Gasteiger partial charge in [0.15, 0.2) is 23.0 Å². The molecule has 2 aliphatic rings. The molecule has 4 heterocycles. The molecule has 0 saturated heterocycles. The van der Waals surface area contributed by atoms with Gasteiger partial charge in [0, 0.05) is 37.3 Å². The summed E-state index contributed by atoms with van der Waals surface area (Å²) in [6, 6.07) is -0.180. The molecule has 4 aromatic heterocycles. The number of ether oxygens (including phenoxy) is 1. The molecule has 0 radical (unpaired) electrons. The summed E-state index contributed by atoms with van der Waals surface area (Å²) in [6.07, 6.45) is 1.81. The number of fused-ring (bicyclic) bond motifs is 1. The lowest BCUT2D eigenvalue weighted by Gasteiger charge is -2.29. The summed E-state index contributed by atoms with van der Waals surface area (Å²) in [6.45, 7) is 7.91. The first-order valence-corrected chi connectivity index (χ1v) is 13.4. The van der Waals surface area contributed by atoms with Gasteiger partial charge in [-0.2, -0.15) is 13.2 Å². The van der Waals surface area contributed by atoms with E-state index < -0.39 is 11.9 Å². The zero-order valence-corrected chi connectivity index (χ0v) is 23.6. The van der Waals surface area contributed by atoms with Gasteiger partial charge in [0.25, 0.3) is 0 Å². The molecule has 1 N–H and O–H groups in total. The lowest BCUT2D eigenvalue weighted by atomic mass is 9.81. The lowest BCUT2D eigenvalue weighted by molar-refractivity contribution is -0.141. The molecule has 13 heteroatoms. The summed E-state index contributed by atoms with van der Waals surface area (Å²) in [5, 5.41) is 3.44. The average molecular weight is 566 g/mol. The van der Waals surface area contributed by atoms with Gasteiger partial charge < -0.3 is 19.2 Å². The molecule has 10 nitrogen and oxygen atoms in total. The maximum atomic E-state index is 13.5. The first-order valence-electron chi connectivity index (χ1n) is 13.4. The van der Waals surface area contributed by atoms with Crippen molar-refractivity contribution in [2.75, 3.05) is 19.0 Å². The Hall–Kier alpha value is -4.29. The number of methoxy groups -OCH3 is 1. The summed E-state index contributed by atoms with van der Waals surface area (Å²) in [7, 11) is 3.42. The van der Waals surface area contributed by atoms with Crippen molar-refractivity contribution < 1.29 is 17.9 Å². The van der Waals surface area contributed by atoms with Gasteiger partial charge in [0.2, 0.25) is 5.88 Å². The molecule has 41 heavy (non-hydrogen) atoms. The van der Waals surface area contributed by atoms with E-state index in [2.05, 4.69) is 25.3 Å². The van der Waals surface area contributed by atoms with Gasteiger partial charge in [0.05, 0.1) is 19.1 Å². The lowest BCUT2D eigenvalue weighted by Crippen LogP contribution is -2.19. The highest BCUT2D eigenvalue weighted by Gasteiger charge is 2.37. The number of rotatable bonds is 8. The highest BCUT2D eigenvalue weighted by Crippen LogP contribution is 2.46. The fourth-order valence-electron chi connectivity index (χ4n) is 5.39. The molecule has 0 bridgehead atoms. The largest absolute Gasteiger partial charge is 0.480 e. The minimum Gasteiger partial charge on any atom is -0.480 e. The number of nitrogens with zero attached hydrogens (tertiary/aromatic N) is 8. The zero-order valence-electron chi connectivity index (χ0n) is 23.6. The molecule has 6 rings (SSSR count). The number of alkyl halides is 3. The van der Waals surface area contributed by atoms with Crippen LogP contribution < -0.4 is 10.1 Å². The van der Waals surface area contributed by atoms with Gasteiger partial charge in [-0.05, 0) is 57.3 Å². The van der Waals surface area contributed by atoms with E-state index in [0.29, 0.717) is 47.0 Å². The molecule has 0 aromatic carbocycles. The molecular weight excluding hydrogens is 535 g/mol. The molecule has 4 aromatic rings. The topological polar surface area (TPSA) is 108 Å². The van der Waals surface area contributed by atoms with E-state index >= 15 is 0 Å². The average Bonchev–Trinajstić information content (AvgIpc) is 3.57. The molecule has 0 unspecified atom stereocenters.